The monoisotopic (exact) mass is 365 g/mol. The van der Waals surface area contributed by atoms with Gasteiger partial charge in [0.25, 0.3) is 5.69 Å². The minimum atomic E-state index is -4.10. The normalized spacial score (nSPS) is 11.2. The number of non-ortho nitro benzene ring substituents is 1. The maximum atomic E-state index is 11.8. The number of rotatable bonds is 7. The van der Waals surface area contributed by atoms with Crippen molar-refractivity contribution in [3.05, 3.63) is 58.1 Å². The standard InChI is InChI=1S/C16H19N3O5S/c1-12-3-6-14(7-4-12)24-10-9-18(2)15-8-5-13(19(20)21)11-16(15)25(17,22)23/h3-8,11H,9-10H2,1-2H3,(H2,17,22,23). The van der Waals surface area contributed by atoms with E-state index in [4.69, 9.17) is 9.88 Å². The molecule has 9 heteroatoms. The number of likely N-dealkylation sites (N-methyl/N-ethyl adjacent to an activating group) is 1. The van der Waals surface area contributed by atoms with Gasteiger partial charge in [-0.2, -0.15) is 0 Å². The van der Waals surface area contributed by atoms with E-state index >= 15 is 0 Å². The number of aryl methyl sites for hydroxylation is 1. The molecule has 2 aromatic rings. The molecule has 0 aliphatic heterocycles. The van der Waals surface area contributed by atoms with Crippen LogP contribution in [0.3, 0.4) is 0 Å². The molecule has 0 spiro atoms. The van der Waals surface area contributed by atoms with Crippen molar-refractivity contribution in [3.8, 4) is 5.75 Å². The minimum Gasteiger partial charge on any atom is -0.492 e. The van der Waals surface area contributed by atoms with Gasteiger partial charge in [0.1, 0.15) is 17.3 Å². The molecule has 0 atom stereocenters. The molecule has 0 bridgehead atoms. The average molecular weight is 365 g/mol. The van der Waals surface area contributed by atoms with Gasteiger partial charge in [-0.05, 0) is 25.1 Å². The lowest BCUT2D eigenvalue weighted by molar-refractivity contribution is -0.385. The zero-order valence-corrected chi connectivity index (χ0v) is 14.7. The van der Waals surface area contributed by atoms with Crippen LogP contribution < -0.4 is 14.8 Å². The first-order valence-electron chi connectivity index (χ1n) is 7.40. The minimum absolute atomic E-state index is 0.278. The number of nitrogens with zero attached hydrogens (tertiary/aromatic N) is 2. The second-order valence-electron chi connectivity index (χ2n) is 5.54. The molecule has 0 aromatic heterocycles. The van der Waals surface area contributed by atoms with Crippen molar-refractivity contribution in [3.63, 3.8) is 0 Å². The van der Waals surface area contributed by atoms with Crippen LogP contribution in [0.5, 0.6) is 5.75 Å². The van der Waals surface area contributed by atoms with Crippen molar-refractivity contribution in [2.75, 3.05) is 25.1 Å². The fraction of sp³-hybridized carbons (Fsp3) is 0.250. The molecule has 2 aromatic carbocycles. The summed E-state index contributed by atoms with van der Waals surface area (Å²) in [5, 5.41) is 16.0. The molecule has 0 unspecified atom stereocenters. The van der Waals surface area contributed by atoms with Crippen LogP contribution in [-0.4, -0.2) is 33.5 Å². The van der Waals surface area contributed by atoms with Gasteiger partial charge in [0.15, 0.2) is 0 Å². The number of nitrogens with two attached hydrogens (primary N) is 1. The quantitative estimate of drug-likeness (QED) is 0.593. The van der Waals surface area contributed by atoms with Crippen LogP contribution in [-0.2, 0) is 10.0 Å². The Morgan fingerprint density at radius 2 is 1.84 bits per heavy atom. The molecule has 0 aliphatic rings. The van der Waals surface area contributed by atoms with Gasteiger partial charge in [0.2, 0.25) is 10.0 Å². The van der Waals surface area contributed by atoms with E-state index in [0.717, 1.165) is 11.6 Å². The number of nitro benzene ring substituents is 1. The lowest BCUT2D eigenvalue weighted by Gasteiger charge is -2.21. The number of ether oxygens (including phenoxy) is 1. The summed E-state index contributed by atoms with van der Waals surface area (Å²) >= 11 is 0. The van der Waals surface area contributed by atoms with Gasteiger partial charge in [-0.15, -0.1) is 0 Å². The van der Waals surface area contributed by atoms with E-state index in [9.17, 15) is 18.5 Å². The van der Waals surface area contributed by atoms with Crippen LogP contribution in [0, 0.1) is 17.0 Å². The summed E-state index contributed by atoms with van der Waals surface area (Å²) in [4.78, 5) is 11.5. The van der Waals surface area contributed by atoms with Crippen LogP contribution in [0.15, 0.2) is 47.4 Å². The molecule has 0 fully saturated rings. The SMILES string of the molecule is Cc1ccc(OCCN(C)c2ccc([N+](=O)[O-])cc2S(N)(=O)=O)cc1. The summed E-state index contributed by atoms with van der Waals surface area (Å²) in [6.07, 6.45) is 0. The molecule has 8 nitrogen and oxygen atoms in total. The number of anilines is 1. The third-order valence-corrected chi connectivity index (χ3v) is 4.53. The van der Waals surface area contributed by atoms with E-state index in [1.807, 2.05) is 31.2 Å². The molecule has 25 heavy (non-hydrogen) atoms. The van der Waals surface area contributed by atoms with E-state index in [0.29, 0.717) is 18.9 Å². The maximum absolute atomic E-state index is 11.8. The highest BCUT2D eigenvalue weighted by Crippen LogP contribution is 2.28. The molecule has 0 radical (unpaired) electrons. The largest absolute Gasteiger partial charge is 0.492 e. The van der Waals surface area contributed by atoms with Gasteiger partial charge in [0.05, 0.1) is 17.2 Å². The topological polar surface area (TPSA) is 116 Å². The molecular weight excluding hydrogens is 346 g/mol. The number of benzene rings is 2. The lowest BCUT2D eigenvalue weighted by Crippen LogP contribution is -2.26. The molecule has 0 saturated heterocycles. The highest BCUT2D eigenvalue weighted by atomic mass is 32.2. The Labute approximate surface area is 146 Å². The van der Waals surface area contributed by atoms with Crippen molar-refractivity contribution in [1.82, 2.24) is 0 Å². The van der Waals surface area contributed by atoms with Crippen molar-refractivity contribution >= 4 is 21.4 Å². The fourth-order valence-electron chi connectivity index (χ4n) is 2.21. The molecular formula is C16H19N3O5S. The lowest BCUT2D eigenvalue weighted by atomic mass is 10.2. The van der Waals surface area contributed by atoms with E-state index in [2.05, 4.69) is 0 Å². The molecule has 134 valence electrons. The number of primary sulfonamides is 1. The third-order valence-electron chi connectivity index (χ3n) is 3.59. The first kappa shape index (κ1) is 18.7. The van der Waals surface area contributed by atoms with Crippen LogP contribution >= 0.6 is 0 Å². The average Bonchev–Trinajstić information content (AvgIpc) is 2.55. The summed E-state index contributed by atoms with van der Waals surface area (Å²) in [5.74, 6) is 0.703. The summed E-state index contributed by atoms with van der Waals surface area (Å²) in [6, 6.07) is 11.1. The molecule has 0 saturated carbocycles. The summed E-state index contributed by atoms with van der Waals surface area (Å²) in [6.45, 7) is 2.65. The van der Waals surface area contributed by atoms with Crippen molar-refractivity contribution < 1.29 is 18.1 Å². The summed E-state index contributed by atoms with van der Waals surface area (Å²) in [7, 11) is -2.44. The van der Waals surface area contributed by atoms with Crippen molar-refractivity contribution in [2.24, 2.45) is 5.14 Å². The Morgan fingerprint density at radius 1 is 1.20 bits per heavy atom. The maximum Gasteiger partial charge on any atom is 0.270 e. The smallest absolute Gasteiger partial charge is 0.270 e. The van der Waals surface area contributed by atoms with E-state index in [1.54, 1.807) is 11.9 Å². The van der Waals surface area contributed by atoms with Gasteiger partial charge < -0.3 is 9.64 Å². The van der Waals surface area contributed by atoms with Gasteiger partial charge in [-0.3, -0.25) is 10.1 Å². The number of nitro groups is 1. The molecule has 0 heterocycles. The van der Waals surface area contributed by atoms with Crippen molar-refractivity contribution in [2.45, 2.75) is 11.8 Å². The van der Waals surface area contributed by atoms with Gasteiger partial charge >= 0.3 is 0 Å². The Morgan fingerprint density at radius 3 is 2.40 bits per heavy atom. The second kappa shape index (κ2) is 7.49. The van der Waals surface area contributed by atoms with Crippen molar-refractivity contribution in [1.29, 1.82) is 0 Å². The second-order valence-corrected chi connectivity index (χ2v) is 7.07. The zero-order valence-electron chi connectivity index (χ0n) is 13.9. The predicted octanol–water partition coefficient (Wildman–Crippen LogP) is 2.07. The van der Waals surface area contributed by atoms with Gasteiger partial charge in [-0.25, -0.2) is 13.6 Å². The Hall–Kier alpha value is -2.65. The Bertz CT molecular complexity index is 866. The van der Waals surface area contributed by atoms with Crippen LogP contribution in [0.2, 0.25) is 0 Å². The van der Waals surface area contributed by atoms with Gasteiger partial charge in [0, 0.05) is 19.2 Å². The van der Waals surface area contributed by atoms with Crippen LogP contribution in [0.1, 0.15) is 5.56 Å². The summed E-state index contributed by atoms with van der Waals surface area (Å²) < 4.78 is 29.1. The highest BCUT2D eigenvalue weighted by Gasteiger charge is 2.21. The molecule has 0 aliphatic carbocycles. The van der Waals surface area contributed by atoms with E-state index < -0.39 is 14.9 Å². The zero-order chi connectivity index (χ0) is 18.6. The molecule has 2 N–H and O–H groups in total. The Balaban J connectivity index is 2.13. The Kier molecular flexibility index (Phi) is 5.60. The fourth-order valence-corrected chi connectivity index (χ4v) is 3.02. The van der Waals surface area contributed by atoms with E-state index in [1.165, 1.54) is 12.1 Å². The predicted molar refractivity (Wildman–Crippen MR) is 94.4 cm³/mol. The number of sulfonamides is 1. The molecule has 0 amide bonds. The van der Waals surface area contributed by atoms with Crippen LogP contribution in [0.25, 0.3) is 0 Å². The van der Waals surface area contributed by atoms with Crippen LogP contribution in [0.4, 0.5) is 11.4 Å². The first-order chi connectivity index (χ1) is 11.7. The first-order valence-corrected chi connectivity index (χ1v) is 8.95. The number of hydrogen-bond acceptors (Lipinski definition) is 6. The summed E-state index contributed by atoms with van der Waals surface area (Å²) in [5.41, 5.74) is 1.06. The molecule has 2 rings (SSSR count). The third kappa shape index (κ3) is 4.91. The highest BCUT2D eigenvalue weighted by molar-refractivity contribution is 7.89. The van der Waals surface area contributed by atoms with Gasteiger partial charge in [-0.1, -0.05) is 17.7 Å². The number of hydrogen-bond donors (Lipinski definition) is 1. The van der Waals surface area contributed by atoms with E-state index in [-0.39, 0.29) is 16.3 Å².